The largest absolute Gasteiger partial charge is 0.452 e. The highest BCUT2D eigenvalue weighted by atomic mass is 16.5. The Morgan fingerprint density at radius 1 is 0.950 bits per heavy atom. The van der Waals surface area contributed by atoms with Gasteiger partial charge < -0.3 is 30.1 Å². The highest BCUT2D eigenvalue weighted by Gasteiger charge is 2.42. The van der Waals surface area contributed by atoms with Crippen LogP contribution in [0.3, 0.4) is 0 Å². The lowest BCUT2D eigenvalue weighted by molar-refractivity contribution is -0.161. The van der Waals surface area contributed by atoms with E-state index in [0.717, 1.165) is 0 Å². The van der Waals surface area contributed by atoms with Crippen LogP contribution in [0.1, 0.15) is 60.3 Å². The minimum absolute atomic E-state index is 0.0558. The van der Waals surface area contributed by atoms with E-state index in [1.165, 1.54) is 34.9 Å². The van der Waals surface area contributed by atoms with Crippen LogP contribution in [-0.2, 0) is 33.5 Å². The van der Waals surface area contributed by atoms with Crippen LogP contribution in [0.25, 0.3) is 0 Å². The van der Waals surface area contributed by atoms with E-state index in [1.807, 2.05) is 0 Å². The van der Waals surface area contributed by atoms with E-state index in [0.29, 0.717) is 19.4 Å². The predicted octanol–water partition coefficient (Wildman–Crippen LogP) is 0.456. The summed E-state index contributed by atoms with van der Waals surface area (Å²) in [5.74, 6) is -3.67. The number of nitrogens with one attached hydrogen (secondary N) is 2. The van der Waals surface area contributed by atoms with E-state index in [2.05, 4.69) is 17.2 Å². The monoisotopic (exact) mass is 563 g/mol. The molecule has 224 valence electrons. The fourth-order valence-corrected chi connectivity index (χ4v) is 5.08. The van der Waals surface area contributed by atoms with Crippen molar-refractivity contribution in [3.8, 4) is 0 Å². The maximum atomic E-state index is 13.7. The normalized spacial score (nSPS) is 28.5. The number of rotatable bonds is 4. The first kappa shape index (κ1) is 32.8. The standard InChI is InChI=1S/C28H45N5O7/c1-9-11-20-26(37)33-15-10-12-19(33)25(36)30-22(16(2)3)27(38)32(8)23(17(4)5)28(39)31(7)18(6)24(35)29-14-13-21(34)40-20/h9,16-20,22-23H,1,10-15H2,2-8H3,(H,29,35)(H,30,36). The predicted molar refractivity (Wildman–Crippen MR) is 147 cm³/mol. The molecule has 0 saturated carbocycles. The van der Waals surface area contributed by atoms with E-state index in [-0.39, 0.29) is 31.2 Å². The number of hydrogen-bond acceptors (Lipinski definition) is 7. The Bertz CT molecular complexity index is 998. The summed E-state index contributed by atoms with van der Waals surface area (Å²) in [5.41, 5.74) is 0. The summed E-state index contributed by atoms with van der Waals surface area (Å²) in [7, 11) is 3.00. The lowest BCUT2D eigenvalue weighted by Crippen LogP contribution is -2.60. The Kier molecular flexibility index (Phi) is 11.7. The van der Waals surface area contributed by atoms with E-state index in [4.69, 9.17) is 4.74 Å². The minimum atomic E-state index is -1.17. The molecule has 2 saturated heterocycles. The number of ether oxygens (including phenoxy) is 1. The Balaban J connectivity index is 2.50. The van der Waals surface area contributed by atoms with Crippen LogP contribution in [0.2, 0.25) is 0 Å². The molecular formula is C28H45N5O7. The van der Waals surface area contributed by atoms with Crippen LogP contribution >= 0.6 is 0 Å². The average molecular weight is 564 g/mol. The molecule has 0 aromatic carbocycles. The molecule has 2 fully saturated rings. The molecule has 12 nitrogen and oxygen atoms in total. The van der Waals surface area contributed by atoms with Crippen molar-refractivity contribution < 1.29 is 33.5 Å². The molecule has 0 aromatic heterocycles. The first-order valence-corrected chi connectivity index (χ1v) is 13.9. The van der Waals surface area contributed by atoms with Gasteiger partial charge in [0.05, 0.1) is 6.42 Å². The summed E-state index contributed by atoms with van der Waals surface area (Å²) in [4.78, 5) is 83.5. The summed E-state index contributed by atoms with van der Waals surface area (Å²) in [6.45, 7) is 12.6. The first-order valence-electron chi connectivity index (χ1n) is 13.9. The van der Waals surface area contributed by atoms with E-state index < -0.39 is 65.8 Å². The number of esters is 1. The third-order valence-corrected chi connectivity index (χ3v) is 7.58. The van der Waals surface area contributed by atoms with Gasteiger partial charge in [0.1, 0.15) is 24.2 Å². The topological polar surface area (TPSA) is 145 Å². The summed E-state index contributed by atoms with van der Waals surface area (Å²) >= 11 is 0. The van der Waals surface area contributed by atoms with E-state index in [1.54, 1.807) is 34.6 Å². The van der Waals surface area contributed by atoms with Crippen molar-refractivity contribution in [2.24, 2.45) is 11.8 Å². The highest BCUT2D eigenvalue weighted by Crippen LogP contribution is 2.22. The molecular weight excluding hydrogens is 518 g/mol. The van der Waals surface area contributed by atoms with Crippen molar-refractivity contribution in [2.45, 2.75) is 90.6 Å². The maximum absolute atomic E-state index is 13.7. The number of likely N-dealkylation sites (N-methyl/N-ethyl adjacent to an activating group) is 2. The van der Waals surface area contributed by atoms with Crippen molar-refractivity contribution >= 4 is 35.5 Å². The fraction of sp³-hybridized carbons (Fsp3) is 0.714. The third-order valence-electron chi connectivity index (χ3n) is 7.58. The van der Waals surface area contributed by atoms with Gasteiger partial charge in [0, 0.05) is 33.6 Å². The number of nitrogens with zero attached hydrogens (tertiary/aromatic N) is 3. The highest BCUT2D eigenvalue weighted by molar-refractivity contribution is 5.96. The number of hydrogen-bond donors (Lipinski definition) is 2. The maximum Gasteiger partial charge on any atom is 0.308 e. The van der Waals surface area contributed by atoms with Gasteiger partial charge in [0.25, 0.3) is 5.91 Å². The Hall–Kier alpha value is -3.44. The Morgan fingerprint density at radius 3 is 2.17 bits per heavy atom. The molecule has 5 unspecified atom stereocenters. The number of cyclic esters (lactones) is 1. The molecule has 5 amide bonds. The molecule has 5 atom stereocenters. The van der Waals surface area contributed by atoms with Crippen molar-refractivity contribution in [1.29, 1.82) is 0 Å². The number of fused-ring (bicyclic) bond motifs is 1. The van der Waals surface area contributed by atoms with E-state index >= 15 is 0 Å². The van der Waals surface area contributed by atoms with Gasteiger partial charge in [0.2, 0.25) is 23.6 Å². The second-order valence-corrected chi connectivity index (χ2v) is 11.2. The van der Waals surface area contributed by atoms with Gasteiger partial charge in [-0.05, 0) is 31.6 Å². The molecule has 0 radical (unpaired) electrons. The summed E-state index contributed by atoms with van der Waals surface area (Å²) < 4.78 is 5.43. The number of amides is 5. The van der Waals surface area contributed by atoms with Gasteiger partial charge >= 0.3 is 5.97 Å². The molecule has 0 aromatic rings. The lowest BCUT2D eigenvalue weighted by atomic mass is 9.97. The van der Waals surface area contributed by atoms with Crippen LogP contribution in [0.4, 0.5) is 0 Å². The molecule has 0 bridgehead atoms. The van der Waals surface area contributed by atoms with E-state index in [9.17, 15) is 28.8 Å². The lowest BCUT2D eigenvalue weighted by Gasteiger charge is -2.37. The molecule has 2 rings (SSSR count). The van der Waals surface area contributed by atoms with Crippen molar-refractivity contribution in [3.05, 3.63) is 12.7 Å². The number of carbonyl (C=O) groups excluding carboxylic acids is 6. The summed E-state index contributed by atoms with van der Waals surface area (Å²) in [6, 6.07) is -3.59. The Labute approximate surface area is 236 Å². The molecule has 12 heteroatoms. The smallest absolute Gasteiger partial charge is 0.308 e. The van der Waals surface area contributed by atoms with Gasteiger partial charge in [0.15, 0.2) is 6.10 Å². The SMILES string of the molecule is C=CCC1OC(=O)CCNC(=O)C(C)N(C)C(=O)C(C(C)C)N(C)C(=O)C(C(C)C)NC(=O)C2CCCN2C1=O. The second-order valence-electron chi connectivity index (χ2n) is 11.2. The summed E-state index contributed by atoms with van der Waals surface area (Å²) in [5, 5.41) is 5.45. The zero-order chi connectivity index (χ0) is 30.3. The van der Waals surface area contributed by atoms with Crippen molar-refractivity contribution in [2.75, 3.05) is 27.2 Å². The molecule has 40 heavy (non-hydrogen) atoms. The van der Waals surface area contributed by atoms with Crippen LogP contribution in [0.5, 0.6) is 0 Å². The van der Waals surface area contributed by atoms with Gasteiger partial charge in [-0.2, -0.15) is 0 Å². The van der Waals surface area contributed by atoms with Crippen molar-refractivity contribution in [3.63, 3.8) is 0 Å². The van der Waals surface area contributed by atoms with Gasteiger partial charge in [-0.1, -0.05) is 33.8 Å². The molecule has 2 aliphatic rings. The zero-order valence-corrected chi connectivity index (χ0v) is 24.8. The first-order chi connectivity index (χ1) is 18.7. The van der Waals surface area contributed by atoms with Gasteiger partial charge in [-0.15, -0.1) is 6.58 Å². The summed E-state index contributed by atoms with van der Waals surface area (Å²) in [6.07, 6.45) is 1.12. The average Bonchev–Trinajstić information content (AvgIpc) is 3.38. The second kappa shape index (κ2) is 14.3. The molecule has 2 aliphatic heterocycles. The minimum Gasteiger partial charge on any atom is -0.452 e. The Morgan fingerprint density at radius 2 is 1.60 bits per heavy atom. The molecule has 2 N–H and O–H groups in total. The molecule has 2 heterocycles. The number of carbonyl (C=O) groups is 6. The van der Waals surface area contributed by atoms with Crippen molar-refractivity contribution in [1.82, 2.24) is 25.3 Å². The van der Waals surface area contributed by atoms with Crippen LogP contribution in [-0.4, -0.2) is 108 Å². The van der Waals surface area contributed by atoms with Gasteiger partial charge in [-0.25, -0.2) is 0 Å². The quantitative estimate of drug-likeness (QED) is 0.373. The van der Waals surface area contributed by atoms with Crippen LogP contribution < -0.4 is 10.6 Å². The van der Waals surface area contributed by atoms with Gasteiger partial charge in [-0.3, -0.25) is 28.8 Å². The molecule has 0 spiro atoms. The van der Waals surface area contributed by atoms with Crippen LogP contribution in [0.15, 0.2) is 12.7 Å². The fourth-order valence-electron chi connectivity index (χ4n) is 5.08. The zero-order valence-electron chi connectivity index (χ0n) is 24.8. The molecule has 0 aliphatic carbocycles. The van der Waals surface area contributed by atoms with Crippen LogP contribution in [0, 0.1) is 11.8 Å². The third kappa shape index (κ3) is 7.60.